The van der Waals surface area contributed by atoms with Gasteiger partial charge >= 0.3 is 6.18 Å². The van der Waals surface area contributed by atoms with Gasteiger partial charge in [0.25, 0.3) is 5.91 Å². The van der Waals surface area contributed by atoms with Crippen LogP contribution in [-0.4, -0.2) is 22.4 Å². The second kappa shape index (κ2) is 7.06. The molecule has 3 rings (SSSR count). The lowest BCUT2D eigenvalue weighted by atomic mass is 10.2. The van der Waals surface area contributed by atoms with Gasteiger partial charge in [-0.2, -0.15) is 13.2 Å². The number of hydrogen-bond acceptors (Lipinski definition) is 4. The first-order valence-electron chi connectivity index (χ1n) is 7.11. The average Bonchev–Trinajstić information content (AvgIpc) is 3.09. The first-order valence-corrected chi connectivity index (χ1v) is 9.21. The Kier molecular flexibility index (Phi) is 5.05. The van der Waals surface area contributed by atoms with E-state index in [1.165, 1.54) is 0 Å². The summed E-state index contributed by atoms with van der Waals surface area (Å²) in [5, 5.41) is 2.70. The first-order chi connectivity index (χ1) is 11.4. The molecule has 2 aromatic rings. The molecule has 0 aliphatic carbocycles. The lowest BCUT2D eigenvalue weighted by Gasteiger charge is -2.11. The standard InChI is InChI=1S/C16H13F3N2OS2/c17-16(18,19)13-5-4-11(9-20-13)14(22)21-12-3-1-2-10(8-12)15-23-6-7-24-15/h1-5,8-9,15H,6-7H2,(H,21,22). The summed E-state index contributed by atoms with van der Waals surface area (Å²) in [6.45, 7) is 0. The van der Waals surface area contributed by atoms with Gasteiger partial charge in [0, 0.05) is 23.4 Å². The van der Waals surface area contributed by atoms with Gasteiger partial charge in [0.2, 0.25) is 0 Å². The van der Waals surface area contributed by atoms with Crippen molar-refractivity contribution in [3.63, 3.8) is 0 Å². The SMILES string of the molecule is O=C(Nc1cccc(C2SCCS2)c1)c1ccc(C(F)(F)F)nc1. The van der Waals surface area contributed by atoms with Gasteiger partial charge < -0.3 is 5.32 Å². The van der Waals surface area contributed by atoms with Gasteiger partial charge in [-0.15, -0.1) is 23.5 Å². The Morgan fingerprint density at radius 3 is 2.54 bits per heavy atom. The lowest BCUT2D eigenvalue weighted by molar-refractivity contribution is -0.141. The lowest BCUT2D eigenvalue weighted by Crippen LogP contribution is -2.14. The number of pyridine rings is 1. The van der Waals surface area contributed by atoms with E-state index in [-0.39, 0.29) is 5.56 Å². The van der Waals surface area contributed by atoms with Crippen molar-refractivity contribution in [3.8, 4) is 0 Å². The van der Waals surface area contributed by atoms with Crippen LogP contribution in [0.25, 0.3) is 0 Å². The Balaban J connectivity index is 1.71. The Morgan fingerprint density at radius 2 is 1.92 bits per heavy atom. The van der Waals surface area contributed by atoms with Crippen LogP contribution >= 0.6 is 23.5 Å². The van der Waals surface area contributed by atoms with Crippen LogP contribution in [0.15, 0.2) is 42.6 Å². The van der Waals surface area contributed by atoms with Crippen molar-refractivity contribution in [1.29, 1.82) is 0 Å². The molecule has 126 valence electrons. The van der Waals surface area contributed by atoms with Crippen molar-refractivity contribution in [2.75, 3.05) is 16.8 Å². The summed E-state index contributed by atoms with van der Waals surface area (Å²) in [6, 6.07) is 9.43. The van der Waals surface area contributed by atoms with Crippen LogP contribution in [0, 0.1) is 0 Å². The number of amides is 1. The van der Waals surface area contributed by atoms with Crippen LogP contribution in [0.3, 0.4) is 0 Å². The van der Waals surface area contributed by atoms with Gasteiger partial charge in [-0.3, -0.25) is 9.78 Å². The number of rotatable bonds is 3. The van der Waals surface area contributed by atoms with Crippen molar-refractivity contribution < 1.29 is 18.0 Å². The van der Waals surface area contributed by atoms with Crippen LogP contribution < -0.4 is 5.32 Å². The summed E-state index contributed by atoms with van der Waals surface area (Å²) in [4.78, 5) is 15.5. The Hall–Kier alpha value is -1.67. The molecule has 0 saturated carbocycles. The van der Waals surface area contributed by atoms with Crippen molar-refractivity contribution in [2.45, 2.75) is 10.8 Å². The molecular weight excluding hydrogens is 357 g/mol. The molecule has 3 nitrogen and oxygen atoms in total. The summed E-state index contributed by atoms with van der Waals surface area (Å²) in [5.74, 6) is 1.71. The summed E-state index contributed by atoms with van der Waals surface area (Å²) < 4.78 is 37.8. The minimum absolute atomic E-state index is 0.0815. The zero-order valence-electron chi connectivity index (χ0n) is 12.3. The topological polar surface area (TPSA) is 42.0 Å². The highest BCUT2D eigenvalue weighted by molar-refractivity contribution is 8.19. The highest BCUT2D eigenvalue weighted by Gasteiger charge is 2.32. The Labute approximate surface area is 145 Å². The number of nitrogens with zero attached hydrogens (tertiary/aromatic N) is 1. The number of hydrogen-bond donors (Lipinski definition) is 1. The molecule has 0 unspecified atom stereocenters. The monoisotopic (exact) mass is 370 g/mol. The maximum Gasteiger partial charge on any atom is 0.433 e. The molecule has 0 atom stereocenters. The Morgan fingerprint density at radius 1 is 1.17 bits per heavy atom. The van der Waals surface area contributed by atoms with E-state index in [9.17, 15) is 18.0 Å². The minimum Gasteiger partial charge on any atom is -0.322 e. The molecular formula is C16H13F3N2OS2. The summed E-state index contributed by atoms with van der Waals surface area (Å²) >= 11 is 3.71. The van der Waals surface area contributed by atoms with E-state index in [2.05, 4.69) is 10.3 Å². The number of aromatic nitrogens is 1. The fourth-order valence-corrected chi connectivity index (χ4v) is 5.05. The summed E-state index contributed by atoms with van der Waals surface area (Å²) in [5.41, 5.74) is 0.797. The molecule has 1 fully saturated rings. The Bertz CT molecular complexity index is 729. The molecule has 2 heterocycles. The first kappa shape index (κ1) is 17.2. The molecule has 1 aromatic carbocycles. The summed E-state index contributed by atoms with van der Waals surface area (Å²) in [6.07, 6.45) is -3.58. The number of halogens is 3. The number of benzene rings is 1. The molecule has 1 aliphatic rings. The van der Waals surface area contributed by atoms with Gasteiger partial charge in [-0.25, -0.2) is 0 Å². The van der Waals surface area contributed by atoms with Crippen LogP contribution in [-0.2, 0) is 6.18 Å². The number of nitrogens with one attached hydrogen (secondary N) is 1. The highest BCUT2D eigenvalue weighted by atomic mass is 32.2. The number of anilines is 1. The summed E-state index contributed by atoms with van der Waals surface area (Å²) in [7, 11) is 0. The average molecular weight is 370 g/mol. The quantitative estimate of drug-likeness (QED) is 0.840. The van der Waals surface area contributed by atoms with E-state index >= 15 is 0 Å². The van der Waals surface area contributed by atoms with E-state index in [4.69, 9.17) is 0 Å². The van der Waals surface area contributed by atoms with Crippen molar-refractivity contribution >= 4 is 35.1 Å². The van der Waals surface area contributed by atoms with Crippen molar-refractivity contribution in [2.24, 2.45) is 0 Å². The minimum atomic E-state index is -4.51. The predicted molar refractivity (Wildman–Crippen MR) is 91.3 cm³/mol. The fourth-order valence-electron chi connectivity index (χ4n) is 2.21. The van der Waals surface area contributed by atoms with E-state index in [0.717, 1.165) is 35.4 Å². The number of carbonyl (C=O) groups excluding carboxylic acids is 1. The molecule has 8 heteroatoms. The van der Waals surface area contributed by atoms with Crippen LogP contribution in [0.5, 0.6) is 0 Å². The third-order valence-electron chi connectivity index (χ3n) is 3.35. The normalized spacial score (nSPS) is 15.5. The maximum absolute atomic E-state index is 12.5. The number of carbonyl (C=O) groups is 1. The third kappa shape index (κ3) is 4.05. The van der Waals surface area contributed by atoms with Gasteiger partial charge in [-0.1, -0.05) is 12.1 Å². The zero-order chi connectivity index (χ0) is 17.2. The van der Waals surface area contributed by atoms with Crippen LogP contribution in [0.1, 0.15) is 26.2 Å². The zero-order valence-corrected chi connectivity index (χ0v) is 14.0. The van der Waals surface area contributed by atoms with Crippen molar-refractivity contribution in [1.82, 2.24) is 4.98 Å². The van der Waals surface area contributed by atoms with Crippen LogP contribution in [0.2, 0.25) is 0 Å². The van der Waals surface area contributed by atoms with Gasteiger partial charge in [0.1, 0.15) is 5.69 Å². The van der Waals surface area contributed by atoms with E-state index in [0.29, 0.717) is 10.3 Å². The molecule has 24 heavy (non-hydrogen) atoms. The van der Waals surface area contributed by atoms with E-state index in [1.54, 1.807) is 6.07 Å². The molecule has 1 saturated heterocycles. The maximum atomic E-state index is 12.5. The molecule has 1 aromatic heterocycles. The smallest absolute Gasteiger partial charge is 0.322 e. The molecule has 1 amide bonds. The molecule has 1 aliphatic heterocycles. The van der Waals surface area contributed by atoms with Gasteiger partial charge in [0.15, 0.2) is 0 Å². The van der Waals surface area contributed by atoms with E-state index < -0.39 is 17.8 Å². The highest BCUT2D eigenvalue weighted by Crippen LogP contribution is 2.45. The molecule has 1 N–H and O–H groups in total. The number of thioether (sulfide) groups is 2. The van der Waals surface area contributed by atoms with Crippen molar-refractivity contribution in [3.05, 3.63) is 59.4 Å². The van der Waals surface area contributed by atoms with E-state index in [1.807, 2.05) is 41.7 Å². The van der Waals surface area contributed by atoms with Gasteiger partial charge in [-0.05, 0) is 29.8 Å². The number of alkyl halides is 3. The third-order valence-corrected chi connectivity index (χ3v) is 6.46. The molecule has 0 spiro atoms. The largest absolute Gasteiger partial charge is 0.433 e. The fraction of sp³-hybridized carbons (Fsp3) is 0.250. The predicted octanol–water partition coefficient (Wildman–Crippen LogP) is 4.83. The molecule has 0 bridgehead atoms. The second-order valence-electron chi connectivity index (χ2n) is 5.08. The van der Waals surface area contributed by atoms with Crippen LogP contribution in [0.4, 0.5) is 18.9 Å². The molecule has 0 radical (unpaired) electrons. The van der Waals surface area contributed by atoms with Gasteiger partial charge in [0.05, 0.1) is 10.1 Å². The second-order valence-corrected chi connectivity index (χ2v) is 7.81.